The van der Waals surface area contributed by atoms with Crippen molar-refractivity contribution in [3.05, 3.63) is 39.6 Å². The summed E-state index contributed by atoms with van der Waals surface area (Å²) >= 11 is 11.7. The minimum absolute atomic E-state index is 0.0175. The molecule has 0 amide bonds. The summed E-state index contributed by atoms with van der Waals surface area (Å²) in [5, 5.41) is 12.4. The van der Waals surface area contributed by atoms with Gasteiger partial charge in [0, 0.05) is 6.08 Å². The predicted molar refractivity (Wildman–Crippen MR) is 69.6 cm³/mol. The van der Waals surface area contributed by atoms with E-state index in [1.807, 2.05) is 0 Å². The Kier molecular flexibility index (Phi) is 3.42. The molecular formula is C11H6Cl2F3N4+. The van der Waals surface area contributed by atoms with Crippen molar-refractivity contribution in [1.82, 2.24) is 4.59 Å². The summed E-state index contributed by atoms with van der Waals surface area (Å²) in [5.41, 5.74) is 4.53. The van der Waals surface area contributed by atoms with E-state index in [0.29, 0.717) is 12.1 Å². The molecule has 4 nitrogen and oxygen atoms in total. The van der Waals surface area contributed by atoms with Gasteiger partial charge < -0.3 is 5.73 Å². The van der Waals surface area contributed by atoms with Crippen LogP contribution in [0.25, 0.3) is 0 Å². The van der Waals surface area contributed by atoms with Crippen LogP contribution in [0.1, 0.15) is 5.56 Å². The van der Waals surface area contributed by atoms with Crippen LogP contribution < -0.4 is 10.3 Å². The van der Waals surface area contributed by atoms with Gasteiger partial charge in [-0.3, -0.25) is 0 Å². The molecule has 9 heteroatoms. The predicted octanol–water partition coefficient (Wildman–Crippen LogP) is 3.60. The molecule has 20 heavy (non-hydrogen) atoms. The van der Waals surface area contributed by atoms with Crippen LogP contribution in [0.5, 0.6) is 0 Å². The average molecular weight is 322 g/mol. The Balaban J connectivity index is 2.70. The highest BCUT2D eigenvalue weighted by Crippen LogP contribution is 2.44. The van der Waals surface area contributed by atoms with E-state index < -0.39 is 16.3 Å². The first kappa shape index (κ1) is 14.7. The van der Waals surface area contributed by atoms with E-state index in [1.165, 1.54) is 12.3 Å². The lowest BCUT2D eigenvalue weighted by molar-refractivity contribution is -0.137. The van der Waals surface area contributed by atoms with Crippen molar-refractivity contribution >= 4 is 35.1 Å². The Morgan fingerprint density at radius 2 is 1.80 bits per heavy atom. The van der Waals surface area contributed by atoms with E-state index in [9.17, 15) is 18.4 Å². The number of hydrogen-bond donors (Lipinski definition) is 1. The van der Waals surface area contributed by atoms with Crippen molar-refractivity contribution < 1.29 is 13.2 Å². The lowest BCUT2D eigenvalue weighted by Gasteiger charge is -2.21. The van der Waals surface area contributed by atoms with E-state index in [0.717, 1.165) is 0 Å². The van der Waals surface area contributed by atoms with Crippen LogP contribution in [0, 0.1) is 11.5 Å². The van der Waals surface area contributed by atoms with Crippen molar-refractivity contribution in [2.24, 2.45) is 10.8 Å². The van der Waals surface area contributed by atoms with Crippen molar-refractivity contribution in [3.8, 4) is 6.19 Å². The van der Waals surface area contributed by atoms with Gasteiger partial charge in [0.25, 0.3) is 0 Å². The van der Waals surface area contributed by atoms with E-state index in [1.54, 1.807) is 6.19 Å². The van der Waals surface area contributed by atoms with Crippen LogP contribution in [-0.2, 0) is 6.18 Å². The van der Waals surface area contributed by atoms with Gasteiger partial charge in [-0.25, -0.2) is 0 Å². The Hall–Kier alpha value is -1.75. The maximum Gasteiger partial charge on any atom is 0.416 e. The largest absolute Gasteiger partial charge is 0.416 e. The van der Waals surface area contributed by atoms with Crippen molar-refractivity contribution in [1.29, 1.82) is 5.26 Å². The lowest BCUT2D eigenvalue weighted by atomic mass is 10.2. The Bertz CT molecular complexity index is 652. The highest BCUT2D eigenvalue weighted by molar-refractivity contribution is 6.39. The SMILES string of the molecule is N#C[N+]1(c2c(Cl)cc(C(F)(F)F)cc2Cl)N=CC=C1N. The third kappa shape index (κ3) is 2.12. The van der Waals surface area contributed by atoms with E-state index in [4.69, 9.17) is 28.9 Å². The normalized spacial score (nSPS) is 21.7. The average Bonchev–Trinajstić information content (AvgIpc) is 2.69. The van der Waals surface area contributed by atoms with Gasteiger partial charge in [0.15, 0.2) is 0 Å². The van der Waals surface area contributed by atoms with Crippen LogP contribution in [0.3, 0.4) is 0 Å². The Labute approximate surface area is 121 Å². The zero-order valence-electron chi connectivity index (χ0n) is 9.62. The summed E-state index contributed by atoms with van der Waals surface area (Å²) in [5.74, 6) is -0.0175. The zero-order chi connectivity index (χ0) is 15.1. The first-order chi connectivity index (χ1) is 9.22. The summed E-state index contributed by atoms with van der Waals surface area (Å²) in [7, 11) is 0. The number of allylic oxidation sites excluding steroid dienone is 1. The van der Waals surface area contributed by atoms with Crippen LogP contribution in [0.2, 0.25) is 10.0 Å². The maximum absolute atomic E-state index is 12.7. The van der Waals surface area contributed by atoms with Gasteiger partial charge in [-0.2, -0.15) is 13.2 Å². The van der Waals surface area contributed by atoms with Gasteiger partial charge in [-0.1, -0.05) is 28.3 Å². The van der Waals surface area contributed by atoms with Crippen molar-refractivity contribution in [3.63, 3.8) is 0 Å². The molecular weight excluding hydrogens is 316 g/mol. The van der Waals surface area contributed by atoms with Gasteiger partial charge in [0.05, 0.1) is 11.8 Å². The topological polar surface area (TPSA) is 62.2 Å². The minimum Gasteiger partial charge on any atom is -0.351 e. The lowest BCUT2D eigenvalue weighted by Crippen LogP contribution is -2.39. The summed E-state index contributed by atoms with van der Waals surface area (Å²) in [6.45, 7) is 0. The molecule has 0 bridgehead atoms. The molecule has 1 atom stereocenters. The maximum atomic E-state index is 12.7. The highest BCUT2D eigenvalue weighted by Gasteiger charge is 2.44. The number of quaternary nitrogens is 1. The molecule has 0 spiro atoms. The number of nitrogens with zero attached hydrogens (tertiary/aromatic N) is 3. The summed E-state index contributed by atoms with van der Waals surface area (Å²) < 4.78 is 37.1. The fourth-order valence-corrected chi connectivity index (χ4v) is 2.47. The number of nitrogens with two attached hydrogens (primary N) is 1. The summed E-state index contributed by atoms with van der Waals surface area (Å²) in [6.07, 6.45) is -0.225. The third-order valence-electron chi connectivity index (χ3n) is 2.67. The molecule has 1 aliphatic rings. The van der Waals surface area contributed by atoms with Crippen molar-refractivity contribution in [2.45, 2.75) is 6.18 Å². The second-order valence-corrected chi connectivity index (χ2v) is 4.69. The van der Waals surface area contributed by atoms with Gasteiger partial charge in [0.1, 0.15) is 10.0 Å². The van der Waals surface area contributed by atoms with E-state index >= 15 is 0 Å². The van der Waals surface area contributed by atoms with Crippen LogP contribution in [0.15, 0.2) is 29.1 Å². The standard InChI is InChI=1S/C11H6Cl2F3N4/c12-7-3-6(11(14,15)16)4-8(13)10(7)20(5-17)9(18)1-2-19-20/h1-4H,18H2/q+1. The third-order valence-corrected chi connectivity index (χ3v) is 3.25. The summed E-state index contributed by atoms with van der Waals surface area (Å²) in [6, 6.07) is 1.36. The minimum atomic E-state index is -4.60. The molecule has 2 N–H and O–H groups in total. The van der Waals surface area contributed by atoms with Crippen LogP contribution in [-0.4, -0.2) is 6.21 Å². The molecule has 0 aliphatic carbocycles. The van der Waals surface area contributed by atoms with Gasteiger partial charge >= 0.3 is 12.4 Å². The first-order valence-corrected chi connectivity index (χ1v) is 5.87. The number of rotatable bonds is 1. The molecule has 0 aromatic heterocycles. The zero-order valence-corrected chi connectivity index (χ0v) is 11.1. The Morgan fingerprint density at radius 3 is 2.15 bits per heavy atom. The smallest absolute Gasteiger partial charge is 0.351 e. The molecule has 1 aromatic rings. The molecule has 0 radical (unpaired) electrons. The number of halogens is 5. The number of hydrogen-bond acceptors (Lipinski definition) is 3. The molecule has 1 heterocycles. The van der Waals surface area contributed by atoms with Gasteiger partial charge in [0.2, 0.25) is 11.5 Å². The molecule has 2 rings (SSSR count). The number of nitriles is 1. The first-order valence-electron chi connectivity index (χ1n) is 5.11. The molecule has 1 unspecified atom stereocenters. The van der Waals surface area contributed by atoms with Gasteiger partial charge in [-0.15, -0.1) is 5.26 Å². The number of benzene rings is 1. The molecule has 0 saturated carbocycles. The molecule has 0 fully saturated rings. The monoisotopic (exact) mass is 321 g/mol. The molecule has 1 aromatic carbocycles. The fourth-order valence-electron chi connectivity index (χ4n) is 1.74. The fraction of sp³-hybridized carbons (Fsp3) is 0.0909. The number of alkyl halides is 3. The van der Waals surface area contributed by atoms with E-state index in [2.05, 4.69) is 5.10 Å². The van der Waals surface area contributed by atoms with E-state index in [-0.39, 0.29) is 21.6 Å². The second kappa shape index (κ2) is 4.66. The van der Waals surface area contributed by atoms with Crippen LogP contribution in [0.4, 0.5) is 18.9 Å². The highest BCUT2D eigenvalue weighted by atomic mass is 35.5. The second-order valence-electron chi connectivity index (χ2n) is 3.88. The Morgan fingerprint density at radius 1 is 1.25 bits per heavy atom. The van der Waals surface area contributed by atoms with Crippen molar-refractivity contribution in [2.75, 3.05) is 0 Å². The molecule has 104 valence electrons. The van der Waals surface area contributed by atoms with Crippen LogP contribution >= 0.6 is 23.2 Å². The molecule has 1 aliphatic heterocycles. The van der Waals surface area contributed by atoms with Gasteiger partial charge in [-0.05, 0) is 16.7 Å². The summed E-state index contributed by atoms with van der Waals surface area (Å²) in [4.78, 5) is 0. The quantitative estimate of drug-likeness (QED) is 0.634. The molecule has 0 saturated heterocycles.